The van der Waals surface area contributed by atoms with Crippen LogP contribution in [-0.2, 0) is 4.79 Å². The number of carbonyl (C=O) groups is 1. The molecule has 2 atom stereocenters. The SMILES string of the molecule is C[C@]1(O)CCC[C@@H](Nc2ncc3nc(Nc4c(Cl)cc(F)cc4Cl)n([C@H]4CC[C@H](C(N)=O)CC4)c3n2)C1. The summed E-state index contributed by atoms with van der Waals surface area (Å²) < 4.78 is 15.8. The summed E-state index contributed by atoms with van der Waals surface area (Å²) >= 11 is 12.6. The van der Waals surface area contributed by atoms with Crippen molar-refractivity contribution in [1.82, 2.24) is 19.5 Å². The molecule has 37 heavy (non-hydrogen) atoms. The van der Waals surface area contributed by atoms with Gasteiger partial charge in [0.2, 0.25) is 17.8 Å². The van der Waals surface area contributed by atoms with Crippen LogP contribution in [0.25, 0.3) is 11.2 Å². The van der Waals surface area contributed by atoms with E-state index in [0.29, 0.717) is 60.9 Å². The van der Waals surface area contributed by atoms with Crippen molar-refractivity contribution in [2.24, 2.45) is 11.7 Å². The number of nitrogens with two attached hydrogens (primary N) is 1. The van der Waals surface area contributed by atoms with E-state index in [0.717, 1.165) is 19.3 Å². The van der Waals surface area contributed by atoms with Gasteiger partial charge < -0.3 is 21.5 Å². The molecule has 198 valence electrons. The summed E-state index contributed by atoms with van der Waals surface area (Å²) in [7, 11) is 0. The van der Waals surface area contributed by atoms with Crippen molar-refractivity contribution in [3.05, 3.63) is 34.2 Å². The minimum atomic E-state index is -0.717. The van der Waals surface area contributed by atoms with Crippen molar-refractivity contribution in [3.8, 4) is 0 Å². The number of hydrogen-bond acceptors (Lipinski definition) is 7. The third-order valence-electron chi connectivity index (χ3n) is 7.43. The van der Waals surface area contributed by atoms with Crippen LogP contribution in [0.3, 0.4) is 0 Å². The number of carbonyl (C=O) groups excluding carboxylic acids is 1. The summed E-state index contributed by atoms with van der Waals surface area (Å²) in [5.41, 5.74) is 6.34. The number of nitrogens with zero attached hydrogens (tertiary/aromatic N) is 4. The number of primary amides is 1. The molecule has 2 aromatic heterocycles. The van der Waals surface area contributed by atoms with Crippen LogP contribution < -0.4 is 16.4 Å². The van der Waals surface area contributed by atoms with Gasteiger partial charge in [-0.05, 0) is 70.4 Å². The molecular weight excluding hydrogens is 520 g/mol. The van der Waals surface area contributed by atoms with Gasteiger partial charge >= 0.3 is 0 Å². The molecule has 0 aliphatic heterocycles. The average Bonchev–Trinajstić information content (AvgIpc) is 3.18. The third kappa shape index (κ3) is 5.61. The Balaban J connectivity index is 1.51. The highest BCUT2D eigenvalue weighted by molar-refractivity contribution is 6.39. The molecule has 3 aromatic rings. The fraction of sp³-hybridized carbons (Fsp3) is 0.520. The monoisotopic (exact) mass is 549 g/mol. The van der Waals surface area contributed by atoms with E-state index in [-0.39, 0.29) is 34.0 Å². The zero-order valence-electron chi connectivity index (χ0n) is 20.5. The number of aromatic nitrogens is 4. The van der Waals surface area contributed by atoms with E-state index in [9.17, 15) is 14.3 Å². The van der Waals surface area contributed by atoms with E-state index >= 15 is 0 Å². The van der Waals surface area contributed by atoms with Crippen molar-refractivity contribution in [1.29, 1.82) is 0 Å². The van der Waals surface area contributed by atoms with Gasteiger partial charge in [-0.15, -0.1) is 0 Å². The average molecular weight is 550 g/mol. The van der Waals surface area contributed by atoms with Gasteiger partial charge in [-0.2, -0.15) is 4.98 Å². The van der Waals surface area contributed by atoms with Crippen LogP contribution in [0.2, 0.25) is 10.0 Å². The van der Waals surface area contributed by atoms with Crippen LogP contribution in [-0.4, -0.2) is 42.2 Å². The molecule has 0 spiro atoms. The summed E-state index contributed by atoms with van der Waals surface area (Å²) in [6, 6.07) is 2.40. The lowest BCUT2D eigenvalue weighted by atomic mass is 9.83. The van der Waals surface area contributed by atoms with Crippen LogP contribution in [0.15, 0.2) is 18.3 Å². The summed E-state index contributed by atoms with van der Waals surface area (Å²) in [4.78, 5) is 25.7. The second-order valence-electron chi connectivity index (χ2n) is 10.4. The lowest BCUT2D eigenvalue weighted by Crippen LogP contribution is -2.38. The molecule has 1 amide bonds. The quantitative estimate of drug-likeness (QED) is 0.326. The number of aliphatic hydroxyl groups is 1. The Hall–Kier alpha value is -2.69. The Morgan fingerprint density at radius 2 is 1.89 bits per heavy atom. The molecule has 0 bridgehead atoms. The molecule has 2 heterocycles. The standard InChI is InChI=1S/C25H30Cl2FN7O2/c1-25(37)8-2-3-15(11-25)31-23-30-12-19-22(34-23)35(16-6-4-13(5-7-16)21(29)36)24(32-19)33-20-17(26)9-14(28)10-18(20)27/h9-10,12-13,15-16,37H,2-8,11H2,1H3,(H2,29,36)(H,32,33)(H,30,31,34)/t13-,15-,16-,25+/m1/s1. The highest BCUT2D eigenvalue weighted by Gasteiger charge is 2.32. The number of benzene rings is 1. The van der Waals surface area contributed by atoms with E-state index < -0.39 is 11.4 Å². The highest BCUT2D eigenvalue weighted by Crippen LogP contribution is 2.39. The summed E-state index contributed by atoms with van der Waals surface area (Å²) in [5, 5.41) is 17.3. The van der Waals surface area contributed by atoms with E-state index in [4.69, 9.17) is 38.9 Å². The summed E-state index contributed by atoms with van der Waals surface area (Å²) in [6.45, 7) is 1.85. The largest absolute Gasteiger partial charge is 0.390 e. The topological polar surface area (TPSA) is 131 Å². The first-order chi connectivity index (χ1) is 17.6. The molecule has 2 aliphatic carbocycles. The molecule has 5 rings (SSSR count). The first-order valence-electron chi connectivity index (χ1n) is 12.5. The van der Waals surface area contributed by atoms with E-state index in [2.05, 4.69) is 15.6 Å². The number of imidazole rings is 1. The highest BCUT2D eigenvalue weighted by atomic mass is 35.5. The maximum atomic E-state index is 13.8. The van der Waals surface area contributed by atoms with Gasteiger partial charge in [-0.3, -0.25) is 9.36 Å². The maximum Gasteiger partial charge on any atom is 0.224 e. The molecule has 0 radical (unpaired) electrons. The Bertz CT molecular complexity index is 1300. The zero-order valence-corrected chi connectivity index (χ0v) is 22.0. The van der Waals surface area contributed by atoms with Gasteiger partial charge in [0, 0.05) is 18.0 Å². The smallest absolute Gasteiger partial charge is 0.224 e. The molecule has 2 saturated carbocycles. The molecule has 1 aromatic carbocycles. The van der Waals surface area contributed by atoms with Gasteiger partial charge in [0.15, 0.2) is 5.65 Å². The van der Waals surface area contributed by atoms with E-state index in [1.165, 1.54) is 12.1 Å². The fourth-order valence-electron chi connectivity index (χ4n) is 5.56. The van der Waals surface area contributed by atoms with Crippen molar-refractivity contribution in [2.45, 2.75) is 76.0 Å². The van der Waals surface area contributed by atoms with Crippen LogP contribution in [0.1, 0.15) is 64.3 Å². The lowest BCUT2D eigenvalue weighted by molar-refractivity contribution is -0.122. The number of halogens is 3. The van der Waals surface area contributed by atoms with Crippen LogP contribution in [0.4, 0.5) is 22.0 Å². The van der Waals surface area contributed by atoms with Gasteiger partial charge in [-0.1, -0.05) is 23.2 Å². The van der Waals surface area contributed by atoms with Gasteiger partial charge in [0.25, 0.3) is 0 Å². The predicted molar refractivity (Wildman–Crippen MR) is 142 cm³/mol. The molecule has 2 fully saturated rings. The zero-order chi connectivity index (χ0) is 26.3. The molecule has 12 heteroatoms. The molecule has 0 saturated heterocycles. The lowest BCUT2D eigenvalue weighted by Gasteiger charge is -2.34. The minimum absolute atomic E-state index is 0.0146. The Labute approximate surface area is 224 Å². The second kappa shape index (κ2) is 10.2. The summed E-state index contributed by atoms with van der Waals surface area (Å²) in [6.07, 6.45) is 7.59. The van der Waals surface area contributed by atoms with Crippen LogP contribution in [0.5, 0.6) is 0 Å². The first-order valence-corrected chi connectivity index (χ1v) is 13.3. The van der Waals surface area contributed by atoms with Crippen molar-refractivity contribution in [2.75, 3.05) is 10.6 Å². The van der Waals surface area contributed by atoms with Gasteiger partial charge in [-0.25, -0.2) is 14.4 Å². The van der Waals surface area contributed by atoms with E-state index in [1.807, 2.05) is 11.5 Å². The normalized spacial score (nSPS) is 26.2. The number of nitrogens with one attached hydrogen (secondary N) is 2. The Morgan fingerprint density at radius 3 is 2.54 bits per heavy atom. The van der Waals surface area contributed by atoms with Crippen molar-refractivity contribution < 1.29 is 14.3 Å². The Morgan fingerprint density at radius 1 is 1.19 bits per heavy atom. The molecular formula is C25H30Cl2FN7O2. The van der Waals surface area contributed by atoms with Gasteiger partial charge in [0.1, 0.15) is 11.3 Å². The molecule has 0 unspecified atom stereocenters. The number of rotatable bonds is 6. The van der Waals surface area contributed by atoms with Crippen LogP contribution >= 0.6 is 23.2 Å². The first kappa shape index (κ1) is 25.9. The maximum absolute atomic E-state index is 13.8. The third-order valence-corrected chi connectivity index (χ3v) is 8.02. The molecule has 2 aliphatic rings. The van der Waals surface area contributed by atoms with Crippen LogP contribution in [0, 0.1) is 11.7 Å². The molecule has 5 N–H and O–H groups in total. The second-order valence-corrected chi connectivity index (χ2v) is 11.2. The number of hydrogen-bond donors (Lipinski definition) is 4. The Kier molecular flexibility index (Phi) is 7.17. The predicted octanol–water partition coefficient (Wildman–Crippen LogP) is 5.34. The summed E-state index contributed by atoms with van der Waals surface area (Å²) in [5.74, 6) is -0.0858. The van der Waals surface area contributed by atoms with Gasteiger partial charge in [0.05, 0.1) is 27.5 Å². The number of amides is 1. The van der Waals surface area contributed by atoms with Crippen molar-refractivity contribution >= 4 is 57.9 Å². The number of fused-ring (bicyclic) bond motifs is 1. The number of anilines is 3. The minimum Gasteiger partial charge on any atom is -0.390 e. The van der Waals surface area contributed by atoms with E-state index in [1.54, 1.807) is 6.20 Å². The molecule has 9 nitrogen and oxygen atoms in total. The fourth-order valence-corrected chi connectivity index (χ4v) is 6.11. The van der Waals surface area contributed by atoms with Crippen molar-refractivity contribution in [3.63, 3.8) is 0 Å².